The molecule has 0 radical (unpaired) electrons. The van der Waals surface area contributed by atoms with Gasteiger partial charge in [0.15, 0.2) is 0 Å². The molecule has 0 aliphatic carbocycles. The van der Waals surface area contributed by atoms with Gasteiger partial charge in [-0.3, -0.25) is 0 Å². The third-order valence-corrected chi connectivity index (χ3v) is 7.20. The standard InChI is InChI=1S/C35H54O18/c36-33(37)28-21-29(34(38)52-26-31-24-48-15-13-44-7-5-40-1-3-42-9-11-46-17-19-50-31)23-30(22-28)35(39)53-27-32-25-49-16-14-45-8-6-41-2-4-43-10-12-47-18-20-51-32/h21-23,31-32H,1-20,24-27H2,(H,36,37). The van der Waals surface area contributed by atoms with Gasteiger partial charge in [0.1, 0.15) is 25.4 Å². The number of hydrogen-bond donors (Lipinski definition) is 1. The van der Waals surface area contributed by atoms with Crippen molar-refractivity contribution >= 4 is 17.9 Å². The lowest BCUT2D eigenvalue weighted by Crippen LogP contribution is -2.30. The van der Waals surface area contributed by atoms with E-state index < -0.39 is 30.1 Å². The molecule has 3 rings (SSSR count). The lowest BCUT2D eigenvalue weighted by Gasteiger charge is -2.19. The van der Waals surface area contributed by atoms with E-state index in [1.165, 1.54) is 6.07 Å². The van der Waals surface area contributed by atoms with E-state index in [4.69, 9.17) is 66.3 Å². The topological polar surface area (TPSA) is 201 Å². The molecule has 18 heteroatoms. The van der Waals surface area contributed by atoms with Gasteiger partial charge in [0, 0.05) is 0 Å². The maximum atomic E-state index is 13.1. The van der Waals surface area contributed by atoms with Crippen molar-refractivity contribution < 1.29 is 85.8 Å². The fourth-order valence-corrected chi connectivity index (χ4v) is 4.52. The predicted molar refractivity (Wildman–Crippen MR) is 182 cm³/mol. The highest BCUT2D eigenvalue weighted by Gasteiger charge is 2.21. The van der Waals surface area contributed by atoms with E-state index in [2.05, 4.69) is 0 Å². The minimum absolute atomic E-state index is 0.0818. The van der Waals surface area contributed by atoms with E-state index in [1.54, 1.807) is 0 Å². The van der Waals surface area contributed by atoms with E-state index >= 15 is 0 Å². The molecule has 53 heavy (non-hydrogen) atoms. The van der Waals surface area contributed by atoms with Crippen molar-refractivity contribution in [3.63, 3.8) is 0 Å². The molecular weight excluding hydrogens is 708 g/mol. The fraction of sp³-hybridized carbons (Fsp3) is 0.743. The van der Waals surface area contributed by atoms with Crippen molar-refractivity contribution in [1.29, 1.82) is 0 Å². The molecule has 2 saturated heterocycles. The Morgan fingerprint density at radius 3 is 1.00 bits per heavy atom. The number of ether oxygens (including phenoxy) is 14. The third kappa shape index (κ3) is 21.6. The van der Waals surface area contributed by atoms with Gasteiger partial charge in [-0.25, -0.2) is 14.4 Å². The van der Waals surface area contributed by atoms with Crippen LogP contribution in [-0.4, -0.2) is 194 Å². The largest absolute Gasteiger partial charge is 0.478 e. The molecule has 2 atom stereocenters. The SMILES string of the molecule is O=C(O)c1cc(C(=O)OCC2COCCOCCOCCOCCOCCO2)cc(C(=O)OCC2COCCOCCOCCOCCOCCO2)c1. The van der Waals surface area contributed by atoms with Gasteiger partial charge >= 0.3 is 17.9 Å². The molecule has 2 heterocycles. The van der Waals surface area contributed by atoms with Gasteiger partial charge in [-0.05, 0) is 18.2 Å². The van der Waals surface area contributed by atoms with Crippen LogP contribution in [0.5, 0.6) is 0 Å². The van der Waals surface area contributed by atoms with Crippen molar-refractivity contribution in [3.05, 3.63) is 34.9 Å². The molecule has 0 amide bonds. The lowest BCUT2D eigenvalue weighted by molar-refractivity contribution is -0.0773. The Labute approximate surface area is 309 Å². The van der Waals surface area contributed by atoms with E-state index in [0.29, 0.717) is 92.5 Å². The molecule has 1 N–H and O–H groups in total. The number of rotatable bonds is 7. The number of hydrogen-bond acceptors (Lipinski definition) is 17. The van der Waals surface area contributed by atoms with Crippen LogP contribution in [0.2, 0.25) is 0 Å². The van der Waals surface area contributed by atoms with Crippen LogP contribution < -0.4 is 0 Å². The van der Waals surface area contributed by atoms with Crippen LogP contribution in [0.3, 0.4) is 0 Å². The molecule has 18 nitrogen and oxygen atoms in total. The summed E-state index contributed by atoms with van der Waals surface area (Å²) >= 11 is 0. The molecule has 1 aromatic carbocycles. The normalized spacial score (nSPS) is 22.9. The second-order valence-corrected chi connectivity index (χ2v) is 11.3. The molecular formula is C35H54O18. The maximum absolute atomic E-state index is 13.1. The van der Waals surface area contributed by atoms with Gasteiger partial charge in [0.2, 0.25) is 0 Å². The monoisotopic (exact) mass is 762 g/mol. The van der Waals surface area contributed by atoms with Crippen molar-refractivity contribution in [1.82, 2.24) is 0 Å². The number of aromatic carboxylic acids is 1. The summed E-state index contributed by atoms with van der Waals surface area (Å²) < 4.78 is 77.6. The number of esters is 2. The van der Waals surface area contributed by atoms with E-state index in [0.717, 1.165) is 12.1 Å². The number of carboxylic acid groups (broad SMARTS) is 1. The van der Waals surface area contributed by atoms with Crippen molar-refractivity contribution in [2.45, 2.75) is 12.2 Å². The first-order valence-electron chi connectivity index (χ1n) is 17.8. The maximum Gasteiger partial charge on any atom is 0.338 e. The Hall–Kier alpha value is -2.85. The minimum Gasteiger partial charge on any atom is -0.478 e. The fourth-order valence-electron chi connectivity index (χ4n) is 4.52. The minimum atomic E-state index is -1.35. The first kappa shape index (κ1) is 44.5. The molecule has 0 spiro atoms. The molecule has 1 aromatic rings. The second kappa shape index (κ2) is 29.5. The highest BCUT2D eigenvalue weighted by atomic mass is 16.6. The van der Waals surface area contributed by atoms with E-state index in [1.807, 2.05) is 0 Å². The van der Waals surface area contributed by atoms with Gasteiger partial charge in [-0.2, -0.15) is 0 Å². The van der Waals surface area contributed by atoms with Crippen LogP contribution in [0, 0.1) is 0 Å². The molecule has 2 aliphatic rings. The van der Waals surface area contributed by atoms with Gasteiger partial charge in [0.05, 0.1) is 162 Å². The van der Waals surface area contributed by atoms with Crippen LogP contribution in [0.1, 0.15) is 31.1 Å². The number of carboxylic acids is 1. The zero-order valence-electron chi connectivity index (χ0n) is 30.2. The van der Waals surface area contributed by atoms with Crippen molar-refractivity contribution in [2.75, 3.05) is 159 Å². The first-order chi connectivity index (χ1) is 26.0. The molecule has 2 fully saturated rings. The Bertz CT molecular complexity index is 1020. The second-order valence-electron chi connectivity index (χ2n) is 11.3. The molecule has 302 valence electrons. The molecule has 2 unspecified atom stereocenters. The van der Waals surface area contributed by atoms with Gasteiger partial charge in [0.25, 0.3) is 0 Å². The lowest BCUT2D eigenvalue weighted by atomic mass is 10.1. The highest BCUT2D eigenvalue weighted by molar-refractivity contribution is 6.00. The van der Waals surface area contributed by atoms with Crippen molar-refractivity contribution in [3.8, 4) is 0 Å². The zero-order chi connectivity index (χ0) is 37.6. The number of carbonyl (C=O) groups excluding carboxylic acids is 2. The average Bonchev–Trinajstić information content (AvgIpc) is 3.16. The zero-order valence-corrected chi connectivity index (χ0v) is 30.2. The molecule has 0 aromatic heterocycles. The number of carbonyl (C=O) groups is 3. The van der Waals surface area contributed by atoms with Crippen molar-refractivity contribution in [2.24, 2.45) is 0 Å². The first-order valence-corrected chi connectivity index (χ1v) is 17.8. The third-order valence-electron chi connectivity index (χ3n) is 7.20. The molecule has 2 aliphatic heterocycles. The Morgan fingerprint density at radius 1 is 0.434 bits per heavy atom. The Balaban J connectivity index is 1.55. The summed E-state index contributed by atoms with van der Waals surface area (Å²) in [4.78, 5) is 38.2. The smallest absolute Gasteiger partial charge is 0.338 e. The van der Waals surface area contributed by atoms with Crippen LogP contribution in [0.15, 0.2) is 18.2 Å². The summed E-state index contributed by atoms with van der Waals surface area (Å²) in [5.74, 6) is -3.10. The van der Waals surface area contributed by atoms with Crippen LogP contribution in [-0.2, 0) is 66.3 Å². The predicted octanol–water partition coefficient (Wildman–Crippen LogP) is 0.662. The molecule has 0 bridgehead atoms. The van der Waals surface area contributed by atoms with Crippen LogP contribution >= 0.6 is 0 Å². The quantitative estimate of drug-likeness (QED) is 0.380. The molecule has 0 saturated carbocycles. The summed E-state index contributed by atoms with van der Waals surface area (Å²) in [6.45, 7) is 6.82. The van der Waals surface area contributed by atoms with Gasteiger partial charge in [-0.1, -0.05) is 0 Å². The summed E-state index contributed by atoms with van der Waals surface area (Å²) in [6.07, 6.45) is -1.34. The highest BCUT2D eigenvalue weighted by Crippen LogP contribution is 2.15. The Morgan fingerprint density at radius 2 is 0.698 bits per heavy atom. The van der Waals surface area contributed by atoms with Crippen LogP contribution in [0.25, 0.3) is 0 Å². The van der Waals surface area contributed by atoms with E-state index in [-0.39, 0.29) is 82.8 Å². The number of benzene rings is 1. The summed E-state index contributed by atoms with van der Waals surface area (Å²) in [6, 6.07) is 3.43. The average molecular weight is 763 g/mol. The summed E-state index contributed by atoms with van der Waals surface area (Å²) in [5, 5.41) is 9.72. The summed E-state index contributed by atoms with van der Waals surface area (Å²) in [7, 11) is 0. The van der Waals surface area contributed by atoms with E-state index in [9.17, 15) is 19.5 Å². The van der Waals surface area contributed by atoms with Gasteiger partial charge in [-0.15, -0.1) is 0 Å². The van der Waals surface area contributed by atoms with Gasteiger partial charge < -0.3 is 71.4 Å². The Kier molecular flexibility index (Phi) is 24.8. The van der Waals surface area contributed by atoms with Crippen LogP contribution in [0.4, 0.5) is 0 Å². The summed E-state index contributed by atoms with van der Waals surface area (Å²) in [5.41, 5.74) is -0.644.